The number of aliphatic hydroxyl groups excluding tert-OH is 2. The third-order valence-electron chi connectivity index (χ3n) is 0.984. The van der Waals surface area contributed by atoms with E-state index in [-0.39, 0.29) is 0 Å². The second-order valence-electron chi connectivity index (χ2n) is 1.66. The molecule has 2 unspecified atom stereocenters. The number of hydrazine groups is 2. The van der Waals surface area contributed by atoms with Gasteiger partial charge < -0.3 is 10.2 Å². The molecule has 5 heteroatoms. The molecule has 1 rings (SSSR count). The van der Waals surface area contributed by atoms with Gasteiger partial charge in [0.25, 0.3) is 0 Å². The molecule has 0 radical (unpaired) electrons. The van der Waals surface area contributed by atoms with Crippen molar-refractivity contribution in [2.24, 2.45) is 0 Å². The topological polar surface area (TPSA) is 76.5 Å². The molecule has 1 aliphatic heterocycles. The Morgan fingerprint density at radius 2 is 2.12 bits per heavy atom. The summed E-state index contributed by atoms with van der Waals surface area (Å²) in [6, 6.07) is 0. The Labute approximate surface area is 46.6 Å². The summed E-state index contributed by atoms with van der Waals surface area (Å²) in [5.74, 6) is 0. The van der Waals surface area contributed by atoms with Crippen molar-refractivity contribution < 1.29 is 10.2 Å². The van der Waals surface area contributed by atoms with Crippen molar-refractivity contribution in [3.8, 4) is 0 Å². The van der Waals surface area contributed by atoms with Crippen LogP contribution in [0.3, 0.4) is 0 Å². The van der Waals surface area contributed by atoms with Crippen LogP contribution >= 0.6 is 0 Å². The van der Waals surface area contributed by atoms with Crippen LogP contribution < -0.4 is 16.4 Å². The number of hydrogen-bond acceptors (Lipinski definition) is 5. The van der Waals surface area contributed by atoms with Gasteiger partial charge in [-0.1, -0.05) is 0 Å². The van der Waals surface area contributed by atoms with Crippen molar-refractivity contribution >= 4 is 0 Å². The second kappa shape index (κ2) is 2.38. The average molecular weight is 119 g/mol. The third-order valence-corrected chi connectivity index (χ3v) is 0.984. The predicted octanol–water partition coefficient (Wildman–Crippen LogP) is -2.72. The van der Waals surface area contributed by atoms with Crippen LogP contribution in [0.15, 0.2) is 0 Å². The highest BCUT2D eigenvalue weighted by Crippen LogP contribution is 1.87. The zero-order valence-electron chi connectivity index (χ0n) is 4.26. The maximum absolute atomic E-state index is 8.76. The lowest BCUT2D eigenvalue weighted by molar-refractivity contribution is -0.0390. The van der Waals surface area contributed by atoms with Gasteiger partial charge in [0, 0.05) is 6.54 Å². The second-order valence-corrected chi connectivity index (χ2v) is 1.66. The van der Waals surface area contributed by atoms with Gasteiger partial charge in [-0.2, -0.15) is 5.53 Å². The van der Waals surface area contributed by atoms with Gasteiger partial charge in [-0.15, -0.1) is 0 Å². The average Bonchev–Trinajstić information content (AvgIpc) is 1.77. The van der Waals surface area contributed by atoms with Crippen molar-refractivity contribution in [1.29, 1.82) is 0 Å². The van der Waals surface area contributed by atoms with Crippen LogP contribution in [0.4, 0.5) is 0 Å². The first-order chi connectivity index (χ1) is 3.80. The zero-order valence-corrected chi connectivity index (χ0v) is 4.26. The van der Waals surface area contributed by atoms with Gasteiger partial charge in [0.05, 0.1) is 0 Å². The molecule has 1 saturated heterocycles. The van der Waals surface area contributed by atoms with Gasteiger partial charge in [0.15, 0.2) is 0 Å². The molecule has 1 aliphatic rings. The number of hydrogen-bond donors (Lipinski definition) is 5. The Balaban J connectivity index is 2.28. The van der Waals surface area contributed by atoms with E-state index in [1.54, 1.807) is 0 Å². The first kappa shape index (κ1) is 5.93. The van der Waals surface area contributed by atoms with Gasteiger partial charge in [-0.3, -0.25) is 0 Å². The number of aliphatic hydroxyl groups is 2. The van der Waals surface area contributed by atoms with E-state index in [2.05, 4.69) is 16.4 Å². The minimum atomic E-state index is -0.865. The van der Waals surface area contributed by atoms with Crippen molar-refractivity contribution in [2.75, 3.05) is 6.54 Å². The Bertz CT molecular complexity index is 68.9. The Hall–Kier alpha value is -0.200. The smallest absolute Gasteiger partial charge is 0.145 e. The normalized spacial score (nSPS) is 39.8. The van der Waals surface area contributed by atoms with Gasteiger partial charge in [-0.05, 0) is 0 Å². The van der Waals surface area contributed by atoms with Crippen molar-refractivity contribution in [1.82, 2.24) is 16.4 Å². The molecule has 1 heterocycles. The van der Waals surface area contributed by atoms with E-state index in [9.17, 15) is 0 Å². The summed E-state index contributed by atoms with van der Waals surface area (Å²) in [6.45, 7) is 0.355. The zero-order chi connectivity index (χ0) is 5.98. The molecule has 0 aliphatic carbocycles. The molecular weight excluding hydrogens is 110 g/mol. The Morgan fingerprint density at radius 1 is 1.38 bits per heavy atom. The molecule has 0 aromatic carbocycles. The molecular formula is C3H9N3O2. The quantitative estimate of drug-likeness (QED) is 0.239. The van der Waals surface area contributed by atoms with Crippen LogP contribution in [-0.4, -0.2) is 29.1 Å². The molecule has 0 amide bonds. The van der Waals surface area contributed by atoms with E-state index in [0.29, 0.717) is 6.54 Å². The van der Waals surface area contributed by atoms with E-state index in [4.69, 9.17) is 10.2 Å². The van der Waals surface area contributed by atoms with Crippen LogP contribution in [0.1, 0.15) is 0 Å². The largest absolute Gasteiger partial charge is 0.388 e. The highest BCUT2D eigenvalue weighted by atomic mass is 16.3. The van der Waals surface area contributed by atoms with E-state index < -0.39 is 12.3 Å². The summed E-state index contributed by atoms with van der Waals surface area (Å²) in [4.78, 5) is 0. The summed E-state index contributed by atoms with van der Waals surface area (Å²) in [7, 11) is 0. The SMILES string of the molecule is OC1CNNNC1O. The fourth-order valence-electron chi connectivity index (χ4n) is 0.488. The first-order valence-electron chi connectivity index (χ1n) is 2.40. The lowest BCUT2D eigenvalue weighted by Gasteiger charge is -2.25. The van der Waals surface area contributed by atoms with Crippen LogP contribution in [0.5, 0.6) is 0 Å². The molecule has 0 spiro atoms. The summed E-state index contributed by atoms with van der Waals surface area (Å²) in [5, 5.41) is 17.5. The van der Waals surface area contributed by atoms with Gasteiger partial charge >= 0.3 is 0 Å². The fourth-order valence-corrected chi connectivity index (χ4v) is 0.488. The monoisotopic (exact) mass is 119 g/mol. The maximum atomic E-state index is 8.76. The molecule has 0 aromatic rings. The van der Waals surface area contributed by atoms with Gasteiger partial charge in [-0.25, -0.2) is 10.9 Å². The number of rotatable bonds is 0. The molecule has 5 nitrogen and oxygen atoms in total. The molecule has 0 saturated carbocycles. The summed E-state index contributed by atoms with van der Waals surface area (Å²) in [6.07, 6.45) is -1.59. The molecule has 5 N–H and O–H groups in total. The highest BCUT2D eigenvalue weighted by Gasteiger charge is 2.18. The van der Waals surface area contributed by atoms with E-state index in [1.807, 2.05) is 0 Å². The van der Waals surface area contributed by atoms with Crippen LogP contribution in [0.2, 0.25) is 0 Å². The first-order valence-corrected chi connectivity index (χ1v) is 2.40. The highest BCUT2D eigenvalue weighted by molar-refractivity contribution is 4.67. The molecule has 48 valence electrons. The van der Waals surface area contributed by atoms with E-state index in [1.165, 1.54) is 0 Å². The van der Waals surface area contributed by atoms with Crippen molar-refractivity contribution in [2.45, 2.75) is 12.3 Å². The number of nitrogens with one attached hydrogen (secondary N) is 3. The minimum Gasteiger partial charge on any atom is -0.388 e. The molecule has 0 bridgehead atoms. The van der Waals surface area contributed by atoms with Crippen molar-refractivity contribution in [3.05, 3.63) is 0 Å². The van der Waals surface area contributed by atoms with Crippen LogP contribution in [0.25, 0.3) is 0 Å². The molecule has 1 fully saturated rings. The lowest BCUT2D eigenvalue weighted by atomic mass is 10.3. The maximum Gasteiger partial charge on any atom is 0.145 e. The summed E-state index contributed by atoms with van der Waals surface area (Å²) < 4.78 is 0. The minimum absolute atomic E-state index is 0.355. The lowest BCUT2D eigenvalue weighted by Crippen LogP contribution is -2.62. The Morgan fingerprint density at radius 3 is 2.50 bits per heavy atom. The van der Waals surface area contributed by atoms with Crippen LogP contribution in [-0.2, 0) is 0 Å². The third kappa shape index (κ3) is 1.15. The van der Waals surface area contributed by atoms with Gasteiger partial charge in [0.2, 0.25) is 0 Å². The summed E-state index contributed by atoms with van der Waals surface area (Å²) >= 11 is 0. The molecule has 2 atom stereocenters. The van der Waals surface area contributed by atoms with Gasteiger partial charge in [0.1, 0.15) is 12.3 Å². The van der Waals surface area contributed by atoms with E-state index in [0.717, 1.165) is 0 Å². The van der Waals surface area contributed by atoms with Crippen LogP contribution in [0, 0.1) is 0 Å². The number of β-amino-alcohol motifs (C(OH)–C–C–N with tert-alkyl or cyclic N) is 1. The fraction of sp³-hybridized carbons (Fsp3) is 1.00. The molecule has 0 aromatic heterocycles. The molecule has 8 heavy (non-hydrogen) atoms. The Kier molecular flexibility index (Phi) is 1.77. The van der Waals surface area contributed by atoms with Crippen molar-refractivity contribution in [3.63, 3.8) is 0 Å². The predicted molar refractivity (Wildman–Crippen MR) is 26.3 cm³/mol. The standard InChI is InChI=1S/C3H9N3O2/c7-2-1-4-6-5-3(2)8/h2-8H,1H2. The summed E-state index contributed by atoms with van der Waals surface area (Å²) in [5.41, 5.74) is 7.42. The van der Waals surface area contributed by atoms with E-state index >= 15 is 0 Å².